The summed E-state index contributed by atoms with van der Waals surface area (Å²) in [7, 11) is 0. The van der Waals surface area contributed by atoms with Crippen molar-refractivity contribution in [3.05, 3.63) is 23.8 Å². The van der Waals surface area contributed by atoms with Crippen LogP contribution in [0.4, 0.5) is 10.5 Å². The summed E-state index contributed by atoms with van der Waals surface area (Å²) >= 11 is 0. The molecule has 2 amide bonds. The Hall–Kier alpha value is -1.79. The van der Waals surface area contributed by atoms with Gasteiger partial charge in [0.2, 0.25) is 0 Å². The van der Waals surface area contributed by atoms with E-state index in [1.807, 2.05) is 20.8 Å². The Balaban J connectivity index is 2.89. The minimum absolute atomic E-state index is 0.0378. The first-order valence-electron chi connectivity index (χ1n) is 6.48. The molecule has 0 bridgehead atoms. The Morgan fingerprint density at radius 2 is 2.05 bits per heavy atom. The minimum atomic E-state index is -0.745. The molecule has 0 aliphatic carbocycles. The Bertz CT molecular complexity index is 469. The lowest BCUT2D eigenvalue weighted by Gasteiger charge is -2.25. The van der Waals surface area contributed by atoms with Crippen LogP contribution in [0.25, 0.3) is 0 Å². The van der Waals surface area contributed by atoms with Gasteiger partial charge in [0, 0.05) is 18.0 Å². The van der Waals surface area contributed by atoms with Gasteiger partial charge in [-0.15, -0.1) is 0 Å². The topological polar surface area (TPSA) is 108 Å². The van der Waals surface area contributed by atoms with E-state index in [2.05, 4.69) is 10.6 Å². The van der Waals surface area contributed by atoms with E-state index in [0.29, 0.717) is 6.54 Å². The SMILES string of the molecule is CC(C)(C)NCC(CO)c1ccc(O)c(NC(N)=O)c1. The first-order chi connectivity index (χ1) is 9.23. The van der Waals surface area contributed by atoms with Gasteiger partial charge in [-0.2, -0.15) is 0 Å². The molecule has 20 heavy (non-hydrogen) atoms. The highest BCUT2D eigenvalue weighted by molar-refractivity contribution is 5.89. The number of aromatic hydroxyl groups is 1. The van der Waals surface area contributed by atoms with Crippen molar-refractivity contribution >= 4 is 11.7 Å². The zero-order valence-corrected chi connectivity index (χ0v) is 12.1. The summed E-state index contributed by atoms with van der Waals surface area (Å²) in [6.07, 6.45) is 0. The van der Waals surface area contributed by atoms with Gasteiger partial charge in [-0.3, -0.25) is 0 Å². The Kier molecular flexibility index (Phi) is 5.35. The summed E-state index contributed by atoms with van der Waals surface area (Å²) < 4.78 is 0. The van der Waals surface area contributed by atoms with Crippen LogP contribution in [0.2, 0.25) is 0 Å². The molecule has 0 radical (unpaired) electrons. The molecule has 1 aromatic carbocycles. The van der Waals surface area contributed by atoms with Crippen LogP contribution in [0.3, 0.4) is 0 Å². The third-order valence-electron chi connectivity index (χ3n) is 2.85. The molecule has 0 spiro atoms. The molecule has 6 heteroatoms. The van der Waals surface area contributed by atoms with Gasteiger partial charge < -0.3 is 26.6 Å². The molecule has 6 nitrogen and oxygen atoms in total. The van der Waals surface area contributed by atoms with Crippen LogP contribution < -0.4 is 16.4 Å². The number of phenols is 1. The van der Waals surface area contributed by atoms with E-state index < -0.39 is 6.03 Å². The van der Waals surface area contributed by atoms with Crippen LogP contribution in [0.5, 0.6) is 5.75 Å². The minimum Gasteiger partial charge on any atom is -0.506 e. The maximum absolute atomic E-state index is 10.9. The molecule has 1 rings (SSSR count). The molecule has 0 aliphatic rings. The number of rotatable bonds is 5. The van der Waals surface area contributed by atoms with Gasteiger partial charge in [0.25, 0.3) is 0 Å². The second-order valence-corrected chi connectivity index (χ2v) is 5.78. The molecule has 0 saturated heterocycles. The highest BCUT2D eigenvalue weighted by atomic mass is 16.3. The largest absolute Gasteiger partial charge is 0.506 e. The molecule has 1 aromatic rings. The van der Waals surface area contributed by atoms with E-state index in [4.69, 9.17) is 5.73 Å². The standard InChI is InChI=1S/C14H23N3O3/c1-14(2,3)16-7-10(8-18)9-4-5-12(19)11(6-9)17-13(15)20/h4-6,10,16,18-19H,7-8H2,1-3H3,(H3,15,17,20). The number of urea groups is 1. The quantitative estimate of drug-likeness (QED) is 0.525. The van der Waals surface area contributed by atoms with Crippen LogP contribution in [0.1, 0.15) is 32.3 Å². The van der Waals surface area contributed by atoms with E-state index >= 15 is 0 Å². The number of aliphatic hydroxyl groups is 1. The molecule has 0 heterocycles. The number of hydrogen-bond acceptors (Lipinski definition) is 4. The van der Waals surface area contributed by atoms with Gasteiger partial charge in [0.1, 0.15) is 5.75 Å². The van der Waals surface area contributed by atoms with Crippen LogP contribution in [0, 0.1) is 0 Å². The van der Waals surface area contributed by atoms with Crippen molar-refractivity contribution in [2.45, 2.75) is 32.2 Å². The molecule has 6 N–H and O–H groups in total. The van der Waals surface area contributed by atoms with E-state index in [-0.39, 0.29) is 29.5 Å². The zero-order chi connectivity index (χ0) is 15.3. The fourth-order valence-electron chi connectivity index (χ4n) is 1.76. The molecule has 112 valence electrons. The highest BCUT2D eigenvalue weighted by Crippen LogP contribution is 2.27. The molecular weight excluding hydrogens is 258 g/mol. The summed E-state index contributed by atoms with van der Waals surface area (Å²) in [5.74, 6) is -0.198. The molecule has 0 fully saturated rings. The number of phenolic OH excluding ortho intramolecular Hbond substituents is 1. The third kappa shape index (κ3) is 5.07. The summed E-state index contributed by atoms with van der Waals surface area (Å²) in [6, 6.07) is 4.06. The van der Waals surface area contributed by atoms with Crippen LogP contribution in [-0.2, 0) is 0 Å². The number of nitrogens with one attached hydrogen (secondary N) is 2. The second kappa shape index (κ2) is 6.58. The van der Waals surface area contributed by atoms with Crippen LogP contribution >= 0.6 is 0 Å². The van der Waals surface area contributed by atoms with Crippen molar-refractivity contribution in [3.63, 3.8) is 0 Å². The maximum Gasteiger partial charge on any atom is 0.316 e. The number of primary amides is 1. The lowest BCUT2D eigenvalue weighted by atomic mass is 9.97. The summed E-state index contributed by atoms with van der Waals surface area (Å²) in [6.45, 7) is 6.67. The number of carbonyl (C=O) groups excluding carboxylic acids is 1. The van der Waals surface area contributed by atoms with Crippen molar-refractivity contribution in [1.82, 2.24) is 5.32 Å². The van der Waals surface area contributed by atoms with E-state index in [1.165, 1.54) is 6.07 Å². The van der Waals surface area contributed by atoms with Gasteiger partial charge in [0.15, 0.2) is 0 Å². The summed E-state index contributed by atoms with van der Waals surface area (Å²) in [5.41, 5.74) is 6.04. The number of amides is 2. The smallest absolute Gasteiger partial charge is 0.316 e. The molecular formula is C14H23N3O3. The van der Waals surface area contributed by atoms with E-state index in [9.17, 15) is 15.0 Å². The first-order valence-corrected chi connectivity index (χ1v) is 6.48. The maximum atomic E-state index is 10.9. The van der Waals surface area contributed by atoms with E-state index in [1.54, 1.807) is 12.1 Å². The van der Waals surface area contributed by atoms with Gasteiger partial charge in [-0.1, -0.05) is 6.07 Å². The van der Waals surface area contributed by atoms with Crippen molar-refractivity contribution in [3.8, 4) is 5.75 Å². The average Bonchev–Trinajstić information content (AvgIpc) is 2.31. The fraction of sp³-hybridized carbons (Fsp3) is 0.500. The van der Waals surface area contributed by atoms with Crippen molar-refractivity contribution < 1.29 is 15.0 Å². The van der Waals surface area contributed by atoms with Gasteiger partial charge in [-0.25, -0.2) is 4.79 Å². The van der Waals surface area contributed by atoms with Gasteiger partial charge in [-0.05, 0) is 38.5 Å². The Morgan fingerprint density at radius 1 is 1.40 bits per heavy atom. The normalized spacial score (nSPS) is 13.0. The zero-order valence-electron chi connectivity index (χ0n) is 12.1. The number of hydrogen-bond donors (Lipinski definition) is 5. The number of carbonyl (C=O) groups is 1. The summed E-state index contributed by atoms with van der Waals surface area (Å²) in [4.78, 5) is 10.9. The lowest BCUT2D eigenvalue weighted by molar-refractivity contribution is 0.252. The van der Waals surface area contributed by atoms with Gasteiger partial charge >= 0.3 is 6.03 Å². The predicted molar refractivity (Wildman–Crippen MR) is 78.9 cm³/mol. The Morgan fingerprint density at radius 3 is 2.55 bits per heavy atom. The monoisotopic (exact) mass is 281 g/mol. The van der Waals surface area contributed by atoms with Gasteiger partial charge in [0.05, 0.1) is 12.3 Å². The number of nitrogens with two attached hydrogens (primary N) is 1. The summed E-state index contributed by atoms with van der Waals surface area (Å²) in [5, 5.41) is 24.8. The average molecular weight is 281 g/mol. The highest BCUT2D eigenvalue weighted by Gasteiger charge is 2.16. The molecule has 0 saturated carbocycles. The van der Waals surface area contributed by atoms with Crippen molar-refractivity contribution in [2.24, 2.45) is 5.73 Å². The van der Waals surface area contributed by atoms with Crippen molar-refractivity contribution in [2.75, 3.05) is 18.5 Å². The molecule has 1 atom stereocenters. The predicted octanol–water partition coefficient (Wildman–Crippen LogP) is 1.35. The van der Waals surface area contributed by atoms with E-state index in [0.717, 1.165) is 5.56 Å². The van der Waals surface area contributed by atoms with Crippen LogP contribution in [0.15, 0.2) is 18.2 Å². The fourth-order valence-corrected chi connectivity index (χ4v) is 1.76. The second-order valence-electron chi connectivity index (χ2n) is 5.78. The van der Waals surface area contributed by atoms with Crippen LogP contribution in [-0.4, -0.2) is 34.9 Å². The number of benzene rings is 1. The van der Waals surface area contributed by atoms with Crippen molar-refractivity contribution in [1.29, 1.82) is 0 Å². The molecule has 1 unspecified atom stereocenters. The number of aliphatic hydroxyl groups excluding tert-OH is 1. The first kappa shape index (κ1) is 16.3. The number of anilines is 1. The molecule has 0 aliphatic heterocycles. The third-order valence-corrected chi connectivity index (χ3v) is 2.85. The Labute approximate surface area is 119 Å². The lowest BCUT2D eigenvalue weighted by Crippen LogP contribution is -2.39. The molecule has 0 aromatic heterocycles.